The van der Waals surface area contributed by atoms with Crippen molar-refractivity contribution in [1.82, 2.24) is 0 Å². The van der Waals surface area contributed by atoms with E-state index in [-0.39, 0.29) is 5.56 Å². The minimum Gasteiger partial charge on any atom is -0.497 e. The van der Waals surface area contributed by atoms with E-state index in [0.717, 1.165) is 36.6 Å². The molecule has 5 heteroatoms. The van der Waals surface area contributed by atoms with Crippen LogP contribution in [0.2, 0.25) is 0 Å². The van der Waals surface area contributed by atoms with Crippen molar-refractivity contribution in [3.05, 3.63) is 89.5 Å². The van der Waals surface area contributed by atoms with E-state index in [1.54, 1.807) is 25.3 Å². The Balaban J connectivity index is 1.41. The van der Waals surface area contributed by atoms with E-state index < -0.39 is 5.97 Å². The molecule has 3 aromatic carbocycles. The Morgan fingerprint density at radius 1 is 0.897 bits per heavy atom. The number of carboxylic acid groups (broad SMARTS) is 1. The third-order valence-corrected chi connectivity index (χ3v) is 4.59. The lowest BCUT2D eigenvalue weighted by molar-refractivity contribution is 0.0697. The van der Waals surface area contributed by atoms with Gasteiger partial charge in [0.2, 0.25) is 0 Å². The average Bonchev–Trinajstić information content (AvgIpc) is 2.75. The normalized spacial score (nSPS) is 10.4. The first-order chi connectivity index (χ1) is 14.1. The lowest BCUT2D eigenvalue weighted by Crippen LogP contribution is -2.06. The highest BCUT2D eigenvalue weighted by Crippen LogP contribution is 2.16. The summed E-state index contributed by atoms with van der Waals surface area (Å²) in [6, 6.07) is 22.9. The summed E-state index contributed by atoms with van der Waals surface area (Å²) >= 11 is 0. The molecule has 0 bridgehead atoms. The molecule has 3 aromatic rings. The summed E-state index contributed by atoms with van der Waals surface area (Å²) in [5.74, 6) is 0.787. The number of methoxy groups -OCH3 is 1. The molecule has 0 aliphatic carbocycles. The molecule has 0 radical (unpaired) electrons. The Morgan fingerprint density at radius 2 is 1.55 bits per heavy atom. The number of rotatable bonds is 10. The number of carboxylic acids is 1. The maximum Gasteiger partial charge on any atom is 0.335 e. The second-order valence-corrected chi connectivity index (χ2v) is 6.65. The van der Waals surface area contributed by atoms with Gasteiger partial charge in [-0.1, -0.05) is 30.3 Å². The Morgan fingerprint density at radius 3 is 2.21 bits per heavy atom. The minimum absolute atomic E-state index is 0.283. The second-order valence-electron chi connectivity index (χ2n) is 6.65. The largest absolute Gasteiger partial charge is 0.497 e. The Bertz CT molecular complexity index is 920. The van der Waals surface area contributed by atoms with Gasteiger partial charge < -0.3 is 19.9 Å². The topological polar surface area (TPSA) is 67.8 Å². The van der Waals surface area contributed by atoms with Gasteiger partial charge >= 0.3 is 5.97 Å². The molecule has 0 aliphatic rings. The number of hydrogen-bond donors (Lipinski definition) is 2. The van der Waals surface area contributed by atoms with Gasteiger partial charge in [0.25, 0.3) is 0 Å². The van der Waals surface area contributed by atoms with Gasteiger partial charge in [-0.2, -0.15) is 0 Å². The molecule has 5 nitrogen and oxygen atoms in total. The number of benzene rings is 3. The van der Waals surface area contributed by atoms with Gasteiger partial charge in [0, 0.05) is 18.7 Å². The molecule has 3 rings (SSSR count). The maximum atomic E-state index is 11.0. The van der Waals surface area contributed by atoms with E-state index in [0.29, 0.717) is 6.61 Å². The molecular formula is C24H25NO4. The molecule has 2 N–H and O–H groups in total. The zero-order valence-corrected chi connectivity index (χ0v) is 16.4. The highest BCUT2D eigenvalue weighted by molar-refractivity contribution is 5.88. The van der Waals surface area contributed by atoms with Crippen molar-refractivity contribution in [2.45, 2.75) is 12.8 Å². The lowest BCUT2D eigenvalue weighted by Gasteiger charge is -2.09. The van der Waals surface area contributed by atoms with Crippen LogP contribution in [0.1, 0.15) is 21.5 Å². The predicted octanol–water partition coefficient (Wildman–Crippen LogP) is 4.67. The first kappa shape index (κ1) is 20.3. The van der Waals surface area contributed by atoms with Crippen LogP contribution in [0.5, 0.6) is 11.5 Å². The summed E-state index contributed by atoms with van der Waals surface area (Å²) < 4.78 is 11.0. The highest BCUT2D eigenvalue weighted by atomic mass is 16.5. The highest BCUT2D eigenvalue weighted by Gasteiger charge is 2.03. The fraction of sp³-hybridized carbons (Fsp3) is 0.208. The molecule has 0 aliphatic heterocycles. The van der Waals surface area contributed by atoms with Gasteiger partial charge in [0.05, 0.1) is 19.3 Å². The zero-order valence-electron chi connectivity index (χ0n) is 16.4. The minimum atomic E-state index is -0.920. The average molecular weight is 391 g/mol. The van der Waals surface area contributed by atoms with E-state index in [2.05, 4.69) is 17.4 Å². The van der Waals surface area contributed by atoms with Crippen LogP contribution in [0.15, 0.2) is 72.8 Å². The van der Waals surface area contributed by atoms with Crippen LogP contribution < -0.4 is 14.8 Å². The van der Waals surface area contributed by atoms with Crippen LogP contribution in [0.4, 0.5) is 5.69 Å². The fourth-order valence-electron chi connectivity index (χ4n) is 2.94. The zero-order chi connectivity index (χ0) is 20.5. The van der Waals surface area contributed by atoms with Gasteiger partial charge in [-0.3, -0.25) is 0 Å². The number of nitrogens with one attached hydrogen (secondary N) is 1. The van der Waals surface area contributed by atoms with Crippen LogP contribution in [0, 0.1) is 0 Å². The third-order valence-electron chi connectivity index (χ3n) is 4.59. The number of carbonyl (C=O) groups is 1. The van der Waals surface area contributed by atoms with E-state index in [9.17, 15) is 4.79 Å². The molecule has 0 spiro atoms. The molecule has 29 heavy (non-hydrogen) atoms. The summed E-state index contributed by atoms with van der Waals surface area (Å²) in [4.78, 5) is 11.0. The third kappa shape index (κ3) is 6.28. The van der Waals surface area contributed by atoms with Crippen molar-refractivity contribution < 1.29 is 19.4 Å². The summed E-state index contributed by atoms with van der Waals surface area (Å²) in [7, 11) is 1.66. The van der Waals surface area contributed by atoms with Crippen molar-refractivity contribution in [2.24, 2.45) is 0 Å². The van der Waals surface area contributed by atoms with Crippen molar-refractivity contribution in [3.63, 3.8) is 0 Å². The Kier molecular flexibility index (Phi) is 7.11. The number of aromatic carboxylic acids is 1. The van der Waals surface area contributed by atoms with Crippen LogP contribution in [0.3, 0.4) is 0 Å². The van der Waals surface area contributed by atoms with Crippen molar-refractivity contribution >= 4 is 11.7 Å². The number of hydrogen-bond acceptors (Lipinski definition) is 4. The van der Waals surface area contributed by atoms with E-state index in [4.69, 9.17) is 14.6 Å². The number of anilines is 1. The summed E-state index contributed by atoms with van der Waals surface area (Å²) in [5, 5.41) is 12.3. The Labute approximate surface area is 170 Å². The SMILES string of the molecule is COc1ccc(CCOc2ccc(CCNc3cccc(C(=O)O)c3)cc2)cc1. The van der Waals surface area contributed by atoms with E-state index >= 15 is 0 Å². The van der Waals surface area contributed by atoms with Gasteiger partial charge in [-0.15, -0.1) is 0 Å². The molecule has 0 aromatic heterocycles. The molecule has 0 amide bonds. The molecule has 0 saturated carbocycles. The fourth-order valence-corrected chi connectivity index (χ4v) is 2.94. The van der Waals surface area contributed by atoms with Gasteiger partial charge in [0.1, 0.15) is 11.5 Å². The standard InChI is InChI=1S/C24H25NO4/c1-28-22-9-5-19(6-10-22)14-16-29-23-11-7-18(8-12-23)13-15-25-21-4-2-3-20(17-21)24(26)27/h2-12,17,25H,13-16H2,1H3,(H,26,27). The lowest BCUT2D eigenvalue weighted by atomic mass is 10.1. The van der Waals surface area contributed by atoms with Crippen LogP contribution in [-0.4, -0.2) is 31.3 Å². The van der Waals surface area contributed by atoms with Crippen molar-refractivity contribution in [1.29, 1.82) is 0 Å². The quantitative estimate of drug-likeness (QED) is 0.526. The molecule has 0 atom stereocenters. The molecule has 0 fully saturated rings. The predicted molar refractivity (Wildman–Crippen MR) is 114 cm³/mol. The van der Waals surface area contributed by atoms with Crippen LogP contribution in [0.25, 0.3) is 0 Å². The Hall–Kier alpha value is -3.47. The smallest absolute Gasteiger partial charge is 0.335 e. The summed E-state index contributed by atoms with van der Waals surface area (Å²) in [6.07, 6.45) is 1.68. The van der Waals surface area contributed by atoms with Gasteiger partial charge in [-0.05, 0) is 60.0 Å². The van der Waals surface area contributed by atoms with Gasteiger partial charge in [0.15, 0.2) is 0 Å². The summed E-state index contributed by atoms with van der Waals surface area (Å²) in [5.41, 5.74) is 3.49. The first-order valence-corrected chi connectivity index (χ1v) is 9.56. The molecule has 150 valence electrons. The molecular weight excluding hydrogens is 366 g/mol. The maximum absolute atomic E-state index is 11.0. The molecule has 0 saturated heterocycles. The summed E-state index contributed by atoms with van der Waals surface area (Å²) in [6.45, 7) is 1.34. The van der Waals surface area contributed by atoms with Gasteiger partial charge in [-0.25, -0.2) is 4.79 Å². The molecule has 0 heterocycles. The van der Waals surface area contributed by atoms with Crippen molar-refractivity contribution in [3.8, 4) is 11.5 Å². The number of ether oxygens (including phenoxy) is 2. The van der Waals surface area contributed by atoms with Crippen molar-refractivity contribution in [2.75, 3.05) is 25.6 Å². The second kappa shape index (κ2) is 10.2. The molecule has 0 unspecified atom stereocenters. The van der Waals surface area contributed by atoms with E-state index in [1.165, 1.54) is 11.1 Å². The first-order valence-electron chi connectivity index (χ1n) is 9.56. The monoisotopic (exact) mass is 391 g/mol. The van der Waals surface area contributed by atoms with E-state index in [1.807, 2.05) is 42.5 Å². The van der Waals surface area contributed by atoms with Crippen LogP contribution >= 0.6 is 0 Å². The van der Waals surface area contributed by atoms with Crippen LogP contribution in [-0.2, 0) is 12.8 Å².